The first-order valence-electron chi connectivity index (χ1n) is 9.01. The van der Waals surface area contributed by atoms with Gasteiger partial charge in [0.25, 0.3) is 0 Å². The molecule has 3 aromatic rings. The molecule has 7 heteroatoms. The lowest BCUT2D eigenvalue weighted by molar-refractivity contribution is -0.130. The lowest BCUT2D eigenvalue weighted by atomic mass is 10.1. The number of hydrogen-bond donors (Lipinski definition) is 0. The first-order valence-corrected chi connectivity index (χ1v) is 9.39. The number of nitrogens with zero attached hydrogens (tertiary/aromatic N) is 3. The zero-order chi connectivity index (χ0) is 19.9. The highest BCUT2D eigenvalue weighted by Crippen LogP contribution is 2.20. The van der Waals surface area contributed by atoms with Gasteiger partial charge in [-0.1, -0.05) is 35.0 Å². The summed E-state index contributed by atoms with van der Waals surface area (Å²) in [7, 11) is 3.42. The van der Waals surface area contributed by atoms with E-state index in [0.717, 1.165) is 16.9 Å². The molecule has 0 N–H and O–H groups in total. The first-order chi connectivity index (χ1) is 13.6. The Bertz CT molecular complexity index is 925. The van der Waals surface area contributed by atoms with E-state index < -0.39 is 0 Å². The van der Waals surface area contributed by atoms with E-state index >= 15 is 0 Å². The predicted molar refractivity (Wildman–Crippen MR) is 107 cm³/mol. The third-order valence-corrected chi connectivity index (χ3v) is 4.63. The van der Waals surface area contributed by atoms with Crippen LogP contribution in [0.1, 0.15) is 24.3 Å². The summed E-state index contributed by atoms with van der Waals surface area (Å²) in [5.74, 6) is 1.88. The number of ether oxygens (including phenoxy) is 1. The number of halogens is 1. The summed E-state index contributed by atoms with van der Waals surface area (Å²) in [4.78, 5) is 18.5. The Morgan fingerprint density at radius 3 is 2.68 bits per heavy atom. The molecule has 0 aliphatic rings. The molecule has 1 heterocycles. The molecule has 0 aliphatic carbocycles. The van der Waals surface area contributed by atoms with Gasteiger partial charge in [0.05, 0.1) is 7.11 Å². The molecule has 0 aliphatic heterocycles. The molecule has 2 aromatic carbocycles. The summed E-state index contributed by atoms with van der Waals surface area (Å²) < 4.78 is 10.6. The number of hydrogen-bond acceptors (Lipinski definition) is 5. The van der Waals surface area contributed by atoms with Gasteiger partial charge < -0.3 is 14.2 Å². The van der Waals surface area contributed by atoms with Crippen LogP contribution in [0, 0.1) is 0 Å². The Morgan fingerprint density at radius 2 is 1.93 bits per heavy atom. The van der Waals surface area contributed by atoms with Gasteiger partial charge in [-0.15, -0.1) is 0 Å². The van der Waals surface area contributed by atoms with Crippen molar-refractivity contribution in [3.8, 4) is 17.1 Å². The van der Waals surface area contributed by atoms with Crippen LogP contribution in [0.25, 0.3) is 11.4 Å². The molecule has 0 radical (unpaired) electrons. The normalized spacial score (nSPS) is 10.7. The minimum absolute atomic E-state index is 0.0587. The minimum Gasteiger partial charge on any atom is -0.496 e. The van der Waals surface area contributed by atoms with Crippen LogP contribution in [-0.2, 0) is 17.8 Å². The van der Waals surface area contributed by atoms with Crippen molar-refractivity contribution in [2.24, 2.45) is 0 Å². The van der Waals surface area contributed by atoms with Crippen molar-refractivity contribution < 1.29 is 14.1 Å². The van der Waals surface area contributed by atoms with Crippen molar-refractivity contribution in [2.45, 2.75) is 25.8 Å². The number of methoxy groups -OCH3 is 1. The highest BCUT2D eigenvalue weighted by Gasteiger charge is 2.13. The van der Waals surface area contributed by atoms with E-state index in [1.165, 1.54) is 0 Å². The first kappa shape index (κ1) is 19.9. The van der Waals surface area contributed by atoms with Crippen molar-refractivity contribution in [1.82, 2.24) is 15.0 Å². The van der Waals surface area contributed by atoms with Gasteiger partial charge in [0.15, 0.2) is 0 Å². The summed E-state index contributed by atoms with van der Waals surface area (Å²) in [5.41, 5.74) is 1.82. The van der Waals surface area contributed by atoms with E-state index in [-0.39, 0.29) is 5.91 Å². The second-order valence-electron chi connectivity index (χ2n) is 6.43. The summed E-state index contributed by atoms with van der Waals surface area (Å²) in [6.07, 6.45) is 1.59. The lowest BCUT2D eigenvalue weighted by Crippen LogP contribution is -2.26. The zero-order valence-electron chi connectivity index (χ0n) is 15.9. The second-order valence-corrected chi connectivity index (χ2v) is 6.87. The molecular formula is C21H22ClN3O3. The molecule has 0 bridgehead atoms. The molecule has 3 rings (SSSR count). The van der Waals surface area contributed by atoms with Gasteiger partial charge >= 0.3 is 0 Å². The van der Waals surface area contributed by atoms with Crippen LogP contribution >= 0.6 is 11.6 Å². The topological polar surface area (TPSA) is 68.5 Å². The number of para-hydroxylation sites is 1. The van der Waals surface area contributed by atoms with Crippen molar-refractivity contribution in [1.29, 1.82) is 0 Å². The summed E-state index contributed by atoms with van der Waals surface area (Å²) in [6.45, 7) is 0.504. The highest BCUT2D eigenvalue weighted by atomic mass is 35.5. The molecule has 1 amide bonds. The molecule has 146 valence electrons. The molecule has 0 fully saturated rings. The maximum Gasteiger partial charge on any atom is 0.226 e. The second kappa shape index (κ2) is 9.37. The van der Waals surface area contributed by atoms with E-state index in [1.54, 1.807) is 31.2 Å². The van der Waals surface area contributed by atoms with Gasteiger partial charge in [-0.2, -0.15) is 4.98 Å². The molecule has 0 saturated carbocycles. The van der Waals surface area contributed by atoms with Gasteiger partial charge in [0, 0.05) is 42.6 Å². The maximum absolute atomic E-state index is 12.4. The molecule has 0 atom stereocenters. The number of rotatable bonds is 8. The molecular weight excluding hydrogens is 378 g/mol. The Hall–Kier alpha value is -2.86. The molecule has 28 heavy (non-hydrogen) atoms. The van der Waals surface area contributed by atoms with Gasteiger partial charge in [-0.3, -0.25) is 4.79 Å². The highest BCUT2D eigenvalue weighted by molar-refractivity contribution is 6.30. The Balaban J connectivity index is 1.49. The smallest absolute Gasteiger partial charge is 0.226 e. The Kier molecular flexibility index (Phi) is 6.66. The molecule has 6 nitrogen and oxygen atoms in total. The summed E-state index contributed by atoms with van der Waals surface area (Å²) in [6, 6.07) is 14.9. The van der Waals surface area contributed by atoms with Crippen LogP contribution in [0.3, 0.4) is 0 Å². The van der Waals surface area contributed by atoms with Crippen molar-refractivity contribution >= 4 is 17.5 Å². The van der Waals surface area contributed by atoms with Crippen LogP contribution in [0.5, 0.6) is 5.75 Å². The lowest BCUT2D eigenvalue weighted by Gasteiger charge is -2.18. The molecule has 1 aromatic heterocycles. The van der Waals surface area contributed by atoms with E-state index in [9.17, 15) is 4.79 Å². The van der Waals surface area contributed by atoms with Gasteiger partial charge in [0.1, 0.15) is 5.75 Å². The number of benzene rings is 2. The number of amides is 1. The van der Waals surface area contributed by atoms with Crippen LogP contribution in [0.15, 0.2) is 53.1 Å². The monoisotopic (exact) mass is 399 g/mol. The standard InChI is InChI=1S/C21H22ClN3O3/c1-25(14-16-6-3-4-7-18(16)27-2)20(26)9-5-8-19-23-21(24-28-19)15-10-12-17(22)13-11-15/h3-4,6-7,10-13H,5,8-9,14H2,1-2H3. The Morgan fingerprint density at radius 1 is 1.18 bits per heavy atom. The van der Waals surface area contributed by atoms with Crippen LogP contribution < -0.4 is 4.74 Å². The van der Waals surface area contributed by atoms with E-state index in [2.05, 4.69) is 10.1 Å². The van der Waals surface area contributed by atoms with Crippen LogP contribution in [0.2, 0.25) is 5.02 Å². The summed E-state index contributed by atoms with van der Waals surface area (Å²) in [5, 5.41) is 4.64. The largest absolute Gasteiger partial charge is 0.496 e. The number of carbonyl (C=O) groups is 1. The average molecular weight is 400 g/mol. The van der Waals surface area contributed by atoms with E-state index in [1.807, 2.05) is 36.4 Å². The minimum atomic E-state index is 0.0587. The third kappa shape index (κ3) is 5.10. The van der Waals surface area contributed by atoms with Gasteiger partial charge in [-0.25, -0.2) is 0 Å². The number of aryl methyl sites for hydroxylation is 1. The molecule has 0 saturated heterocycles. The van der Waals surface area contributed by atoms with Crippen LogP contribution in [0.4, 0.5) is 0 Å². The fourth-order valence-electron chi connectivity index (χ4n) is 2.83. The van der Waals surface area contributed by atoms with Crippen molar-refractivity contribution in [3.63, 3.8) is 0 Å². The number of carbonyl (C=O) groups excluding carboxylic acids is 1. The van der Waals surface area contributed by atoms with E-state index in [0.29, 0.717) is 42.5 Å². The quantitative estimate of drug-likeness (QED) is 0.562. The van der Waals surface area contributed by atoms with Gasteiger partial charge in [0.2, 0.25) is 17.6 Å². The molecule has 0 unspecified atom stereocenters. The number of aromatic nitrogens is 2. The molecule has 0 spiro atoms. The fourth-order valence-corrected chi connectivity index (χ4v) is 2.96. The Labute approximate surface area is 169 Å². The van der Waals surface area contributed by atoms with Crippen molar-refractivity contribution in [3.05, 3.63) is 65.0 Å². The maximum atomic E-state index is 12.4. The van der Waals surface area contributed by atoms with E-state index in [4.69, 9.17) is 20.9 Å². The zero-order valence-corrected chi connectivity index (χ0v) is 16.6. The third-order valence-electron chi connectivity index (χ3n) is 4.38. The average Bonchev–Trinajstić information content (AvgIpc) is 3.17. The van der Waals surface area contributed by atoms with Crippen molar-refractivity contribution in [2.75, 3.05) is 14.2 Å². The fraction of sp³-hybridized carbons (Fsp3) is 0.286. The summed E-state index contributed by atoms with van der Waals surface area (Å²) >= 11 is 5.89. The SMILES string of the molecule is COc1ccccc1CN(C)C(=O)CCCc1nc(-c2ccc(Cl)cc2)no1. The van der Waals surface area contributed by atoms with Crippen LogP contribution in [-0.4, -0.2) is 35.1 Å². The van der Waals surface area contributed by atoms with Gasteiger partial charge in [-0.05, 0) is 36.8 Å². The predicted octanol–water partition coefficient (Wildman–Crippen LogP) is 4.38.